The second-order valence-electron chi connectivity index (χ2n) is 17.6. The van der Waals surface area contributed by atoms with E-state index < -0.39 is 28.6 Å². The molecule has 4 atom stereocenters. The first-order valence-corrected chi connectivity index (χ1v) is 21.7. The fraction of sp³-hybridized carbons (Fsp3) is 0.404. The summed E-state index contributed by atoms with van der Waals surface area (Å²) in [6, 6.07) is 25.9. The minimum atomic E-state index is -1.01. The Morgan fingerprint density at radius 2 is 1.13 bits per heavy atom. The Morgan fingerprint density at radius 3 is 1.54 bits per heavy atom. The van der Waals surface area contributed by atoms with Gasteiger partial charge in [0.1, 0.15) is 22.5 Å². The van der Waals surface area contributed by atoms with Gasteiger partial charge in [0.05, 0.1) is 0 Å². The van der Waals surface area contributed by atoms with Gasteiger partial charge in [-0.1, -0.05) is 54.5 Å². The maximum Gasteiger partial charge on any atom is 0.438 e. The molecule has 0 radical (unpaired) electrons. The van der Waals surface area contributed by atoms with Gasteiger partial charge in [0.15, 0.2) is 11.6 Å². The Kier molecular flexibility index (Phi) is 10.1. The Hall–Kier alpha value is -6.52. The van der Waals surface area contributed by atoms with Crippen LogP contribution in [0.25, 0.3) is 21.8 Å². The lowest BCUT2D eigenvalue weighted by Crippen LogP contribution is -2.33. The molecule has 16 nitrogen and oxygen atoms in total. The molecule has 4 aromatic heterocycles. The smallest absolute Gasteiger partial charge is 0.438 e. The Bertz CT molecular complexity index is 2960. The van der Waals surface area contributed by atoms with Gasteiger partial charge in [-0.3, -0.25) is 23.8 Å². The van der Waals surface area contributed by atoms with E-state index in [2.05, 4.69) is 62.1 Å². The molecule has 11 rings (SSSR count). The standard InChI is InChI=1S/C27H28N4O4.C20H21N3O5/c1-17-16-27(17,25-28-26(33)35-29-25)31-22-9-8-19(18-10-12-34-13-11-18)14-20(22)15-23(31)24(32)30(2)21-6-4-3-5-7-21;1-11-10-20(11,18-21-19(26)28-22-18)23-15-3-2-13(12-4-6-27-7-5-12)8-14(15)9-16(23)17(24)25/h3-9,14-15,17-18H,10-13,16H2,1-2H3,(H,28,29,33);2-3,8-9,11-12H,4-7,10H2,1H3,(H,24,25)(H,21,22,26)/t17-,27-;11-,20-/m00/s1. The molecule has 2 saturated heterocycles. The van der Waals surface area contributed by atoms with E-state index >= 15 is 0 Å². The Balaban J connectivity index is 0.000000153. The van der Waals surface area contributed by atoms with Crippen LogP contribution in [0.3, 0.4) is 0 Å². The summed E-state index contributed by atoms with van der Waals surface area (Å²) in [5.74, 6) is -0.360. The van der Waals surface area contributed by atoms with Gasteiger partial charge in [-0.05, 0) is 122 Å². The maximum absolute atomic E-state index is 13.9. The molecule has 0 spiro atoms. The number of H-pyrrole nitrogens is 2. The van der Waals surface area contributed by atoms with Crippen LogP contribution < -0.4 is 16.4 Å². The number of hydrogen-bond donors (Lipinski definition) is 3. The number of aromatic carboxylic acids is 1. The minimum Gasteiger partial charge on any atom is -0.477 e. The highest BCUT2D eigenvalue weighted by molar-refractivity contribution is 6.08. The number of carbonyl (C=O) groups is 2. The highest BCUT2D eigenvalue weighted by Crippen LogP contribution is 2.57. The lowest BCUT2D eigenvalue weighted by molar-refractivity contribution is 0.0682. The highest BCUT2D eigenvalue weighted by Gasteiger charge is 2.60. The zero-order valence-corrected chi connectivity index (χ0v) is 35.3. The van der Waals surface area contributed by atoms with Crippen molar-refractivity contribution in [1.82, 2.24) is 29.4 Å². The van der Waals surface area contributed by atoms with E-state index in [-0.39, 0.29) is 23.4 Å². The normalized spacial score (nSPS) is 23.7. The van der Waals surface area contributed by atoms with Gasteiger partial charge in [0.25, 0.3) is 5.91 Å². The van der Waals surface area contributed by atoms with Gasteiger partial charge >= 0.3 is 17.5 Å². The van der Waals surface area contributed by atoms with Gasteiger partial charge in [-0.15, -0.1) is 0 Å². The van der Waals surface area contributed by atoms with Gasteiger partial charge in [-0.2, -0.15) is 0 Å². The number of hydrogen-bond acceptors (Lipinski definition) is 10. The lowest BCUT2D eigenvalue weighted by Gasteiger charge is -2.24. The number of carboxylic acids is 1. The molecule has 16 heteroatoms. The molecule has 3 N–H and O–H groups in total. The van der Waals surface area contributed by atoms with Crippen molar-refractivity contribution in [2.75, 3.05) is 38.4 Å². The summed E-state index contributed by atoms with van der Waals surface area (Å²) < 4.78 is 24.5. The molecule has 4 fully saturated rings. The molecule has 7 aromatic rings. The quantitative estimate of drug-likeness (QED) is 0.135. The van der Waals surface area contributed by atoms with E-state index in [1.54, 1.807) is 22.6 Å². The van der Waals surface area contributed by atoms with Crippen LogP contribution in [0.4, 0.5) is 5.69 Å². The number of para-hydroxylation sites is 1. The summed E-state index contributed by atoms with van der Waals surface area (Å²) in [7, 11) is 1.79. The number of anilines is 1. The fourth-order valence-corrected chi connectivity index (χ4v) is 10.3. The first-order valence-electron chi connectivity index (χ1n) is 21.7. The van der Waals surface area contributed by atoms with Crippen molar-refractivity contribution in [3.05, 3.63) is 134 Å². The molecule has 3 aromatic carbocycles. The first-order chi connectivity index (χ1) is 30.5. The third-order valence-electron chi connectivity index (χ3n) is 14.0. The van der Waals surface area contributed by atoms with Crippen LogP contribution in [-0.2, 0) is 20.6 Å². The minimum absolute atomic E-state index is 0.121. The molecular formula is C47H49N7O9. The summed E-state index contributed by atoms with van der Waals surface area (Å²) in [5, 5.41) is 19.7. The first kappa shape index (κ1) is 40.5. The van der Waals surface area contributed by atoms with E-state index in [9.17, 15) is 24.3 Å². The summed E-state index contributed by atoms with van der Waals surface area (Å²) in [5.41, 5.74) is 4.44. The van der Waals surface area contributed by atoms with Crippen molar-refractivity contribution < 1.29 is 33.2 Å². The summed E-state index contributed by atoms with van der Waals surface area (Å²) in [6.07, 6.45) is 5.36. The number of nitrogens with zero attached hydrogens (tertiary/aromatic N) is 5. The number of amides is 1. The summed E-state index contributed by atoms with van der Waals surface area (Å²) >= 11 is 0. The number of carboxylic acid groups (broad SMARTS) is 1. The molecule has 63 heavy (non-hydrogen) atoms. The number of carbonyl (C=O) groups excluding carboxylic acids is 1. The number of ether oxygens (including phenoxy) is 2. The number of nitrogens with one attached hydrogen (secondary N) is 2. The Morgan fingerprint density at radius 1 is 0.683 bits per heavy atom. The third kappa shape index (κ3) is 6.92. The largest absolute Gasteiger partial charge is 0.477 e. The van der Waals surface area contributed by atoms with Crippen molar-refractivity contribution in [1.29, 1.82) is 0 Å². The zero-order valence-electron chi connectivity index (χ0n) is 35.3. The predicted molar refractivity (Wildman–Crippen MR) is 232 cm³/mol. The van der Waals surface area contributed by atoms with Crippen LogP contribution in [0.2, 0.25) is 0 Å². The van der Waals surface area contributed by atoms with E-state index in [4.69, 9.17) is 18.5 Å². The molecule has 0 unspecified atom stereocenters. The van der Waals surface area contributed by atoms with Crippen LogP contribution in [0.15, 0.2) is 97.5 Å². The summed E-state index contributed by atoms with van der Waals surface area (Å²) in [6.45, 7) is 7.17. The van der Waals surface area contributed by atoms with Gasteiger partial charge < -0.3 is 28.6 Å². The van der Waals surface area contributed by atoms with Gasteiger partial charge in [0, 0.05) is 61.0 Å². The predicted octanol–water partition coefficient (Wildman–Crippen LogP) is 6.96. The van der Waals surface area contributed by atoms with Gasteiger partial charge in [-0.25, -0.2) is 14.4 Å². The molecule has 326 valence electrons. The monoisotopic (exact) mass is 855 g/mol. The molecule has 6 heterocycles. The summed E-state index contributed by atoms with van der Waals surface area (Å²) in [4.78, 5) is 56.4. The van der Waals surface area contributed by atoms with E-state index in [1.807, 2.05) is 49.4 Å². The average molecular weight is 856 g/mol. The fourth-order valence-electron chi connectivity index (χ4n) is 10.3. The van der Waals surface area contributed by atoms with Crippen molar-refractivity contribution in [3.63, 3.8) is 0 Å². The van der Waals surface area contributed by atoms with Crippen LogP contribution in [-0.4, -0.2) is 79.9 Å². The molecule has 1 amide bonds. The average Bonchev–Trinajstić information content (AvgIpc) is 3.73. The van der Waals surface area contributed by atoms with Crippen LogP contribution >= 0.6 is 0 Å². The van der Waals surface area contributed by atoms with E-state index in [0.717, 1.165) is 86.0 Å². The Labute approximate surface area is 360 Å². The maximum atomic E-state index is 13.9. The second kappa shape index (κ2) is 15.7. The van der Waals surface area contributed by atoms with E-state index in [0.29, 0.717) is 35.6 Å². The number of fused-ring (bicyclic) bond motifs is 2. The highest BCUT2D eigenvalue weighted by atomic mass is 16.5. The van der Waals surface area contributed by atoms with Crippen molar-refractivity contribution in [3.8, 4) is 0 Å². The number of rotatable bonds is 9. The second-order valence-corrected chi connectivity index (χ2v) is 17.6. The van der Waals surface area contributed by atoms with Crippen molar-refractivity contribution in [2.45, 2.75) is 75.3 Å². The molecule has 2 aliphatic carbocycles. The SMILES string of the molecule is C[C@H]1C[C@]1(c1noc(=O)[nH]1)n1c(C(=O)N(C)c2ccccc2)cc2cc(C3CCOCC3)ccc21.C[C@H]1C[C@]1(c1noc(=O)[nH]1)n1c(C(=O)O)cc2cc(C3CCOCC3)ccc21. The zero-order chi connectivity index (χ0) is 43.6. The van der Waals surface area contributed by atoms with E-state index in [1.165, 1.54) is 11.1 Å². The molecule has 0 bridgehead atoms. The van der Waals surface area contributed by atoms with Crippen molar-refractivity contribution >= 4 is 39.4 Å². The van der Waals surface area contributed by atoms with Gasteiger partial charge in [0.2, 0.25) is 0 Å². The number of aromatic amines is 2. The number of aromatic nitrogens is 6. The van der Waals surface area contributed by atoms with Crippen LogP contribution in [0.1, 0.15) is 108 Å². The lowest BCUT2D eigenvalue weighted by atomic mass is 9.91. The molecular weight excluding hydrogens is 807 g/mol. The molecule has 4 aliphatic rings. The van der Waals surface area contributed by atoms with Crippen LogP contribution in [0.5, 0.6) is 0 Å². The number of benzene rings is 3. The third-order valence-corrected chi connectivity index (χ3v) is 14.0. The topological polar surface area (TPSA) is 204 Å². The van der Waals surface area contributed by atoms with Crippen LogP contribution in [0, 0.1) is 11.8 Å². The van der Waals surface area contributed by atoms with Crippen molar-refractivity contribution in [2.24, 2.45) is 11.8 Å². The molecule has 2 aliphatic heterocycles. The molecule has 2 saturated carbocycles.